The number of nitrogens with one attached hydrogen (secondary N) is 1. The lowest BCUT2D eigenvalue weighted by Crippen LogP contribution is -2.43. The molecule has 0 aromatic carbocycles. The molecule has 0 saturated carbocycles. The predicted molar refractivity (Wildman–Crippen MR) is 91.6 cm³/mol. The van der Waals surface area contributed by atoms with Gasteiger partial charge in [-0.25, -0.2) is 4.98 Å². The summed E-state index contributed by atoms with van der Waals surface area (Å²) in [5, 5.41) is 3.28. The van der Waals surface area contributed by atoms with Crippen molar-refractivity contribution in [1.29, 1.82) is 0 Å². The molecular formula is C18H18F3N5. The van der Waals surface area contributed by atoms with Gasteiger partial charge in [-0.3, -0.25) is 9.88 Å². The fraction of sp³-hybridized carbons (Fsp3) is 0.333. The molecule has 1 saturated heterocycles. The molecule has 0 radical (unpaired) electrons. The Kier molecular flexibility index (Phi) is 4.37. The van der Waals surface area contributed by atoms with Crippen LogP contribution in [-0.4, -0.2) is 45.4 Å². The molecule has 1 aliphatic rings. The number of nitrogens with zero attached hydrogens (tertiary/aromatic N) is 4. The van der Waals surface area contributed by atoms with Gasteiger partial charge in [0.25, 0.3) is 0 Å². The molecule has 0 unspecified atom stereocenters. The van der Waals surface area contributed by atoms with Crippen LogP contribution in [0.1, 0.15) is 11.3 Å². The quantitative estimate of drug-likeness (QED) is 0.779. The van der Waals surface area contributed by atoms with Crippen molar-refractivity contribution in [2.45, 2.75) is 12.7 Å². The van der Waals surface area contributed by atoms with Crippen molar-refractivity contribution in [1.82, 2.24) is 24.6 Å². The number of piperazine rings is 1. The van der Waals surface area contributed by atoms with Gasteiger partial charge in [0.2, 0.25) is 0 Å². The minimum Gasteiger partial charge on any atom is -0.314 e. The van der Waals surface area contributed by atoms with Crippen molar-refractivity contribution in [2.75, 3.05) is 26.2 Å². The number of pyridine rings is 2. The third kappa shape index (κ3) is 3.30. The lowest BCUT2D eigenvalue weighted by atomic mass is 10.1. The van der Waals surface area contributed by atoms with E-state index >= 15 is 0 Å². The highest BCUT2D eigenvalue weighted by molar-refractivity contribution is 5.66. The van der Waals surface area contributed by atoms with E-state index in [0.29, 0.717) is 17.9 Å². The van der Waals surface area contributed by atoms with E-state index in [-0.39, 0.29) is 0 Å². The summed E-state index contributed by atoms with van der Waals surface area (Å²) < 4.78 is 41.1. The summed E-state index contributed by atoms with van der Waals surface area (Å²) >= 11 is 0. The zero-order chi connectivity index (χ0) is 18.1. The van der Waals surface area contributed by atoms with E-state index in [1.165, 1.54) is 6.07 Å². The van der Waals surface area contributed by atoms with Gasteiger partial charge in [0.15, 0.2) is 0 Å². The van der Waals surface area contributed by atoms with Crippen LogP contribution in [0.4, 0.5) is 13.2 Å². The van der Waals surface area contributed by atoms with Gasteiger partial charge in [0.05, 0.1) is 17.0 Å². The Morgan fingerprint density at radius 1 is 1.12 bits per heavy atom. The zero-order valence-corrected chi connectivity index (χ0v) is 14.0. The maximum Gasteiger partial charge on any atom is 0.417 e. The molecule has 0 amide bonds. The summed E-state index contributed by atoms with van der Waals surface area (Å²) in [6, 6.07) is 6.17. The summed E-state index contributed by atoms with van der Waals surface area (Å²) in [4.78, 5) is 10.9. The SMILES string of the molecule is FC(F)(F)c1ccc2nc(-c3cccnc3)c(CN3CCNCC3)n2c1. The second-order valence-corrected chi connectivity index (χ2v) is 6.32. The molecule has 4 rings (SSSR count). The lowest BCUT2D eigenvalue weighted by Gasteiger charge is -2.27. The first-order chi connectivity index (χ1) is 12.5. The number of hydrogen-bond acceptors (Lipinski definition) is 4. The van der Waals surface area contributed by atoms with Crippen molar-refractivity contribution in [2.24, 2.45) is 0 Å². The Morgan fingerprint density at radius 2 is 1.92 bits per heavy atom. The molecule has 136 valence electrons. The van der Waals surface area contributed by atoms with Gasteiger partial charge in [0, 0.05) is 56.9 Å². The van der Waals surface area contributed by atoms with Crippen LogP contribution >= 0.6 is 0 Å². The minimum absolute atomic E-state index is 0.502. The van der Waals surface area contributed by atoms with E-state index < -0.39 is 11.7 Å². The standard InChI is InChI=1S/C18H18F3N5/c19-18(20,21)14-3-4-16-24-17(13-2-1-5-23-10-13)15(26(16)11-14)12-25-8-6-22-7-9-25/h1-5,10-11,22H,6-9,12H2. The first-order valence-corrected chi connectivity index (χ1v) is 8.44. The molecule has 5 nitrogen and oxygen atoms in total. The largest absolute Gasteiger partial charge is 0.417 e. The number of imidazole rings is 1. The smallest absolute Gasteiger partial charge is 0.314 e. The molecule has 0 atom stereocenters. The monoisotopic (exact) mass is 361 g/mol. The lowest BCUT2D eigenvalue weighted by molar-refractivity contribution is -0.137. The molecule has 0 aliphatic carbocycles. The molecule has 4 heterocycles. The summed E-state index contributed by atoms with van der Waals surface area (Å²) in [6.07, 6.45) is 0.101. The fourth-order valence-electron chi connectivity index (χ4n) is 3.23. The Morgan fingerprint density at radius 3 is 2.62 bits per heavy atom. The van der Waals surface area contributed by atoms with E-state index in [4.69, 9.17) is 0 Å². The molecule has 3 aromatic rings. The van der Waals surface area contributed by atoms with Gasteiger partial charge in [-0.1, -0.05) is 0 Å². The second kappa shape index (κ2) is 6.69. The van der Waals surface area contributed by atoms with Crippen LogP contribution in [0.25, 0.3) is 16.9 Å². The summed E-state index contributed by atoms with van der Waals surface area (Å²) in [5.41, 5.74) is 2.05. The van der Waals surface area contributed by atoms with Crippen molar-refractivity contribution in [3.8, 4) is 11.3 Å². The molecule has 0 spiro atoms. The summed E-state index contributed by atoms with van der Waals surface area (Å²) in [7, 11) is 0. The number of halogens is 3. The maximum absolute atomic E-state index is 13.2. The van der Waals surface area contributed by atoms with Crippen LogP contribution in [0.5, 0.6) is 0 Å². The van der Waals surface area contributed by atoms with E-state index in [9.17, 15) is 13.2 Å². The Labute approximate surface area is 148 Å². The van der Waals surface area contributed by atoms with Crippen LogP contribution in [0.15, 0.2) is 42.9 Å². The average molecular weight is 361 g/mol. The normalized spacial score (nSPS) is 16.3. The van der Waals surface area contributed by atoms with Gasteiger partial charge in [0.1, 0.15) is 5.65 Å². The van der Waals surface area contributed by atoms with E-state index in [0.717, 1.165) is 49.7 Å². The van der Waals surface area contributed by atoms with Gasteiger partial charge in [-0.05, 0) is 24.3 Å². The third-order valence-electron chi connectivity index (χ3n) is 4.56. The number of rotatable bonds is 3. The molecule has 8 heteroatoms. The molecular weight excluding hydrogens is 343 g/mol. The first kappa shape index (κ1) is 17.0. The Bertz CT molecular complexity index is 898. The van der Waals surface area contributed by atoms with E-state index in [1.807, 2.05) is 6.07 Å². The van der Waals surface area contributed by atoms with Gasteiger partial charge < -0.3 is 9.72 Å². The van der Waals surface area contributed by atoms with Crippen LogP contribution in [0.3, 0.4) is 0 Å². The Balaban J connectivity index is 1.84. The second-order valence-electron chi connectivity index (χ2n) is 6.32. The number of fused-ring (bicyclic) bond motifs is 1. The maximum atomic E-state index is 13.2. The summed E-state index contributed by atoms with van der Waals surface area (Å²) in [6.45, 7) is 3.96. The Hall–Kier alpha value is -2.45. The van der Waals surface area contributed by atoms with E-state index in [2.05, 4.69) is 20.2 Å². The highest BCUT2D eigenvalue weighted by Crippen LogP contribution is 2.31. The van der Waals surface area contributed by atoms with E-state index in [1.54, 1.807) is 22.9 Å². The van der Waals surface area contributed by atoms with Crippen LogP contribution in [-0.2, 0) is 12.7 Å². The summed E-state index contributed by atoms with van der Waals surface area (Å²) in [5.74, 6) is 0. The average Bonchev–Trinajstić information content (AvgIpc) is 3.00. The van der Waals surface area contributed by atoms with Gasteiger partial charge >= 0.3 is 6.18 Å². The minimum atomic E-state index is -4.39. The highest BCUT2D eigenvalue weighted by atomic mass is 19.4. The fourth-order valence-corrected chi connectivity index (χ4v) is 3.23. The van der Waals surface area contributed by atoms with Crippen molar-refractivity contribution < 1.29 is 13.2 Å². The number of alkyl halides is 3. The van der Waals surface area contributed by atoms with Crippen molar-refractivity contribution in [3.05, 3.63) is 54.1 Å². The van der Waals surface area contributed by atoms with Crippen LogP contribution < -0.4 is 5.32 Å². The van der Waals surface area contributed by atoms with Crippen LogP contribution in [0.2, 0.25) is 0 Å². The zero-order valence-electron chi connectivity index (χ0n) is 14.0. The van der Waals surface area contributed by atoms with Crippen LogP contribution in [0, 0.1) is 0 Å². The molecule has 1 N–H and O–H groups in total. The molecule has 3 aromatic heterocycles. The molecule has 0 bridgehead atoms. The number of aromatic nitrogens is 3. The molecule has 1 fully saturated rings. The first-order valence-electron chi connectivity index (χ1n) is 8.44. The van der Waals surface area contributed by atoms with Gasteiger partial charge in [-0.2, -0.15) is 13.2 Å². The highest BCUT2D eigenvalue weighted by Gasteiger charge is 2.31. The topological polar surface area (TPSA) is 45.5 Å². The predicted octanol–water partition coefficient (Wildman–Crippen LogP) is 2.82. The van der Waals surface area contributed by atoms with Gasteiger partial charge in [-0.15, -0.1) is 0 Å². The molecule has 1 aliphatic heterocycles. The third-order valence-corrected chi connectivity index (χ3v) is 4.56. The molecule has 26 heavy (non-hydrogen) atoms. The van der Waals surface area contributed by atoms with Crippen molar-refractivity contribution in [3.63, 3.8) is 0 Å². The number of hydrogen-bond donors (Lipinski definition) is 1. The van der Waals surface area contributed by atoms with Crippen molar-refractivity contribution >= 4 is 5.65 Å².